The van der Waals surface area contributed by atoms with Gasteiger partial charge in [-0.15, -0.1) is 12.6 Å². The van der Waals surface area contributed by atoms with Gasteiger partial charge in [-0.1, -0.05) is 49.7 Å². The molecule has 0 fully saturated rings. The number of hydrogen-bond donors (Lipinski definition) is 3. The number of nitro benzene ring substituents is 1. The molecule has 9 heteroatoms. The van der Waals surface area contributed by atoms with Crippen molar-refractivity contribution >= 4 is 30.1 Å². The number of aromatic nitrogens is 1. The number of nitrogens with one attached hydrogen (secondary N) is 1. The minimum absolute atomic E-state index is 0.186. The predicted molar refractivity (Wildman–Crippen MR) is 137 cm³/mol. The van der Waals surface area contributed by atoms with E-state index in [-0.39, 0.29) is 29.1 Å². The number of thiol groups is 1. The lowest BCUT2D eigenvalue weighted by molar-refractivity contribution is -0.384. The number of non-ortho nitro benzene ring substituents is 1. The molecule has 0 unspecified atom stereocenters. The molecule has 4 rings (SSSR count). The van der Waals surface area contributed by atoms with Crippen LogP contribution in [0.25, 0.3) is 33.8 Å². The summed E-state index contributed by atoms with van der Waals surface area (Å²) in [4.78, 5) is 28.4. The monoisotopic (exact) mass is 489 g/mol. The van der Waals surface area contributed by atoms with Gasteiger partial charge in [-0.3, -0.25) is 20.2 Å². The lowest BCUT2D eigenvalue weighted by Gasteiger charge is -2.09. The second-order valence-corrected chi connectivity index (χ2v) is 8.35. The summed E-state index contributed by atoms with van der Waals surface area (Å²) < 4.78 is 6.06. The Kier molecular flexibility index (Phi) is 7.17. The Morgan fingerprint density at radius 3 is 2.40 bits per heavy atom. The number of phenols is 1. The summed E-state index contributed by atoms with van der Waals surface area (Å²) in [6.45, 7) is 2.01. The van der Waals surface area contributed by atoms with Crippen LogP contribution in [-0.2, 0) is 4.79 Å². The van der Waals surface area contributed by atoms with Crippen molar-refractivity contribution < 1.29 is 19.2 Å². The fraction of sp³-hybridized carbons (Fsp3) is 0.154. The zero-order valence-electron chi connectivity index (χ0n) is 18.9. The van der Waals surface area contributed by atoms with Crippen LogP contribution in [0.2, 0.25) is 0 Å². The minimum atomic E-state index is -0.571. The van der Waals surface area contributed by atoms with Crippen molar-refractivity contribution in [1.29, 1.82) is 0 Å². The highest BCUT2D eigenvalue weighted by Crippen LogP contribution is 2.41. The first kappa shape index (κ1) is 24.0. The van der Waals surface area contributed by atoms with E-state index in [0.717, 1.165) is 18.9 Å². The highest BCUT2D eigenvalue weighted by molar-refractivity contribution is 7.80. The Balaban J connectivity index is 1.83. The molecule has 35 heavy (non-hydrogen) atoms. The molecule has 0 atom stereocenters. The summed E-state index contributed by atoms with van der Waals surface area (Å²) in [5.74, 6) is -0.0120. The molecule has 0 saturated carbocycles. The SMILES string of the molecule is CCCCC(=O)Nc1oc(-c2ccccc2-c2ccc([N+](=O)[O-])cc2O)nc1-c1ccccc1S. The highest BCUT2D eigenvalue weighted by Gasteiger charge is 2.22. The van der Waals surface area contributed by atoms with E-state index in [1.54, 1.807) is 24.3 Å². The number of nitro groups is 1. The van der Waals surface area contributed by atoms with E-state index < -0.39 is 4.92 Å². The molecule has 1 heterocycles. The van der Waals surface area contributed by atoms with E-state index in [2.05, 4.69) is 22.9 Å². The first-order chi connectivity index (χ1) is 16.9. The number of amides is 1. The normalized spacial score (nSPS) is 10.8. The number of carbonyl (C=O) groups is 1. The van der Waals surface area contributed by atoms with Crippen molar-refractivity contribution in [2.45, 2.75) is 31.1 Å². The van der Waals surface area contributed by atoms with Crippen LogP contribution >= 0.6 is 12.6 Å². The van der Waals surface area contributed by atoms with E-state index in [0.29, 0.717) is 39.3 Å². The average molecular weight is 490 g/mol. The van der Waals surface area contributed by atoms with Gasteiger partial charge in [0.2, 0.25) is 17.7 Å². The van der Waals surface area contributed by atoms with Crippen molar-refractivity contribution in [3.05, 3.63) is 76.8 Å². The van der Waals surface area contributed by atoms with E-state index in [9.17, 15) is 20.0 Å². The predicted octanol–water partition coefficient (Wildman–Crippen LogP) is 6.71. The molecule has 0 aliphatic heterocycles. The average Bonchev–Trinajstić information content (AvgIpc) is 3.26. The van der Waals surface area contributed by atoms with E-state index in [1.165, 1.54) is 12.1 Å². The third-order valence-corrected chi connectivity index (χ3v) is 5.83. The van der Waals surface area contributed by atoms with Crippen molar-refractivity contribution in [1.82, 2.24) is 4.98 Å². The summed E-state index contributed by atoms with van der Waals surface area (Å²) in [7, 11) is 0. The Bertz CT molecular complexity index is 1400. The smallest absolute Gasteiger partial charge is 0.273 e. The van der Waals surface area contributed by atoms with E-state index in [1.807, 2.05) is 31.2 Å². The number of aromatic hydroxyl groups is 1. The van der Waals surface area contributed by atoms with Gasteiger partial charge in [0, 0.05) is 34.1 Å². The first-order valence-electron chi connectivity index (χ1n) is 11.0. The molecule has 4 aromatic rings. The number of rotatable bonds is 8. The maximum atomic E-state index is 12.5. The van der Waals surface area contributed by atoms with Crippen molar-refractivity contribution in [2.24, 2.45) is 0 Å². The number of oxazole rings is 1. The summed E-state index contributed by atoms with van der Waals surface area (Å²) in [6, 6.07) is 18.3. The molecule has 178 valence electrons. The number of phenolic OH excluding ortho intramolecular Hbond substituents is 1. The number of benzene rings is 3. The number of hydrogen-bond acceptors (Lipinski definition) is 7. The van der Waals surface area contributed by atoms with Gasteiger partial charge in [-0.05, 0) is 30.2 Å². The minimum Gasteiger partial charge on any atom is -0.507 e. The van der Waals surface area contributed by atoms with Crippen LogP contribution in [0.4, 0.5) is 11.6 Å². The van der Waals surface area contributed by atoms with Crippen LogP contribution in [0, 0.1) is 10.1 Å². The second-order valence-electron chi connectivity index (χ2n) is 7.87. The van der Waals surface area contributed by atoms with Gasteiger partial charge in [0.15, 0.2) is 0 Å². The zero-order chi connectivity index (χ0) is 24.9. The molecule has 0 saturated heterocycles. The Morgan fingerprint density at radius 2 is 1.74 bits per heavy atom. The first-order valence-corrected chi connectivity index (χ1v) is 11.5. The molecule has 0 radical (unpaired) electrons. The summed E-state index contributed by atoms with van der Waals surface area (Å²) in [5, 5.41) is 24.4. The van der Waals surface area contributed by atoms with Crippen LogP contribution in [0.5, 0.6) is 5.75 Å². The van der Waals surface area contributed by atoms with Crippen molar-refractivity contribution in [3.63, 3.8) is 0 Å². The molecule has 3 aromatic carbocycles. The summed E-state index contributed by atoms with van der Waals surface area (Å²) in [6.07, 6.45) is 1.98. The fourth-order valence-electron chi connectivity index (χ4n) is 3.67. The molecule has 0 aliphatic rings. The molecule has 2 N–H and O–H groups in total. The van der Waals surface area contributed by atoms with Crippen LogP contribution in [-0.4, -0.2) is 20.9 Å². The second kappa shape index (κ2) is 10.4. The van der Waals surface area contributed by atoms with Crippen molar-refractivity contribution in [3.8, 4) is 39.6 Å². The van der Waals surface area contributed by atoms with Crippen molar-refractivity contribution in [2.75, 3.05) is 5.32 Å². The number of carbonyl (C=O) groups excluding carboxylic acids is 1. The Hall–Kier alpha value is -4.11. The topological polar surface area (TPSA) is 118 Å². The number of unbranched alkanes of at least 4 members (excludes halogenated alkanes) is 1. The highest BCUT2D eigenvalue weighted by atomic mass is 32.1. The van der Waals surface area contributed by atoms with E-state index >= 15 is 0 Å². The summed E-state index contributed by atoms with van der Waals surface area (Å²) >= 11 is 4.53. The molecule has 1 amide bonds. The van der Waals surface area contributed by atoms with Crippen LogP contribution in [0.3, 0.4) is 0 Å². The van der Waals surface area contributed by atoms with Crippen LogP contribution < -0.4 is 5.32 Å². The molecular formula is C26H23N3O5S. The fourth-order valence-corrected chi connectivity index (χ4v) is 3.94. The van der Waals surface area contributed by atoms with Crippen LogP contribution in [0.1, 0.15) is 26.2 Å². The van der Waals surface area contributed by atoms with Gasteiger partial charge in [0.05, 0.1) is 11.0 Å². The van der Waals surface area contributed by atoms with E-state index in [4.69, 9.17) is 4.42 Å². The molecular weight excluding hydrogens is 466 g/mol. The van der Waals surface area contributed by atoms with Gasteiger partial charge < -0.3 is 9.52 Å². The zero-order valence-corrected chi connectivity index (χ0v) is 19.8. The molecule has 8 nitrogen and oxygen atoms in total. The van der Waals surface area contributed by atoms with Crippen LogP contribution in [0.15, 0.2) is 76.0 Å². The maximum absolute atomic E-state index is 12.5. The van der Waals surface area contributed by atoms with Gasteiger partial charge in [-0.25, -0.2) is 4.98 Å². The Morgan fingerprint density at radius 1 is 1.06 bits per heavy atom. The lowest BCUT2D eigenvalue weighted by atomic mass is 9.98. The molecule has 0 aliphatic carbocycles. The molecule has 0 bridgehead atoms. The van der Waals surface area contributed by atoms with Gasteiger partial charge >= 0.3 is 0 Å². The largest absolute Gasteiger partial charge is 0.507 e. The third kappa shape index (κ3) is 5.20. The Labute approximate surface area is 207 Å². The quantitative estimate of drug-likeness (QED) is 0.144. The maximum Gasteiger partial charge on any atom is 0.273 e. The van der Waals surface area contributed by atoms with Gasteiger partial charge in [0.1, 0.15) is 11.4 Å². The molecule has 0 spiro atoms. The lowest BCUT2D eigenvalue weighted by Crippen LogP contribution is -2.11. The number of anilines is 1. The summed E-state index contributed by atoms with van der Waals surface area (Å²) in [5.41, 5.74) is 2.39. The van der Waals surface area contributed by atoms with Gasteiger partial charge in [-0.2, -0.15) is 0 Å². The molecule has 1 aromatic heterocycles. The standard InChI is InChI=1S/C26H23N3O5S/c1-2-3-12-23(31)27-26-24(20-10-6-7-11-22(20)35)28-25(34-26)19-9-5-4-8-17(19)18-14-13-16(29(32)33)15-21(18)30/h4-11,13-15,30,35H,2-3,12H2,1H3,(H,27,31). The number of nitrogens with zero attached hydrogens (tertiary/aromatic N) is 2. The van der Waals surface area contributed by atoms with Gasteiger partial charge in [0.25, 0.3) is 5.69 Å². The third-order valence-electron chi connectivity index (χ3n) is 5.44.